The monoisotopic (exact) mass is 545 g/mol. The predicted octanol–water partition coefficient (Wildman–Crippen LogP) is 9.13. The quantitative estimate of drug-likeness (QED) is 0.202. The summed E-state index contributed by atoms with van der Waals surface area (Å²) in [7, 11) is 0. The number of aryl methyl sites for hydroxylation is 1. The van der Waals surface area contributed by atoms with E-state index in [2.05, 4.69) is 86.7 Å². The molecule has 204 valence electrons. The van der Waals surface area contributed by atoms with Crippen LogP contribution in [0.5, 0.6) is 0 Å². The van der Waals surface area contributed by atoms with Crippen LogP contribution in [0.25, 0.3) is 61.3 Å². The number of benzene rings is 3. The van der Waals surface area contributed by atoms with Gasteiger partial charge < -0.3 is 0 Å². The molecule has 6 aromatic rings. The number of nitrogens with zero attached hydrogens (tertiary/aromatic N) is 5. The topological polar surface area (TPSA) is 64.5 Å². The standard InChI is InChI=1S/C37H31N5/c1-23(2)32-22-31(30-20-19-25-18-17-24(3)38-33(25)34(30)39-32)28-15-10-16-29(21-28)37-41-35(26-11-6-4-7-12-26)40-36(42-37)27-13-8-5-9-14-27/h4,6-8,10-23H,5,9H2,1-3H3. The van der Waals surface area contributed by atoms with E-state index in [-0.39, 0.29) is 5.92 Å². The Morgan fingerprint density at radius 2 is 1.36 bits per heavy atom. The zero-order valence-corrected chi connectivity index (χ0v) is 24.0. The Bertz CT molecular complexity index is 2020. The lowest BCUT2D eigenvalue weighted by molar-refractivity contribution is 0.831. The second-order valence-electron chi connectivity index (χ2n) is 11.1. The van der Waals surface area contributed by atoms with Gasteiger partial charge >= 0.3 is 0 Å². The number of fused-ring (bicyclic) bond motifs is 3. The van der Waals surface area contributed by atoms with E-state index in [0.717, 1.165) is 73.9 Å². The van der Waals surface area contributed by atoms with Gasteiger partial charge in [-0.3, -0.25) is 9.97 Å². The zero-order valence-electron chi connectivity index (χ0n) is 24.0. The van der Waals surface area contributed by atoms with Crippen LogP contribution in [0.4, 0.5) is 0 Å². The van der Waals surface area contributed by atoms with Gasteiger partial charge in [-0.25, -0.2) is 15.0 Å². The Labute approximate surface area is 245 Å². The summed E-state index contributed by atoms with van der Waals surface area (Å²) in [6, 6.07) is 29.3. The number of hydrogen-bond donors (Lipinski definition) is 0. The average Bonchev–Trinajstić information content (AvgIpc) is 3.04. The van der Waals surface area contributed by atoms with Crippen LogP contribution in [0, 0.1) is 6.92 Å². The summed E-state index contributed by atoms with van der Waals surface area (Å²) in [5.41, 5.74) is 9.08. The van der Waals surface area contributed by atoms with Crippen LogP contribution < -0.4 is 0 Å². The second kappa shape index (κ2) is 10.7. The van der Waals surface area contributed by atoms with E-state index in [1.165, 1.54) is 0 Å². The fourth-order valence-electron chi connectivity index (χ4n) is 5.48. The van der Waals surface area contributed by atoms with Gasteiger partial charge in [-0.2, -0.15) is 0 Å². The molecule has 0 unspecified atom stereocenters. The van der Waals surface area contributed by atoms with Gasteiger partial charge in [0, 0.05) is 38.9 Å². The van der Waals surface area contributed by atoms with Crippen LogP contribution in [-0.4, -0.2) is 24.9 Å². The Balaban J connectivity index is 1.42. The number of allylic oxidation sites excluding steroid dienone is 4. The van der Waals surface area contributed by atoms with E-state index in [0.29, 0.717) is 17.5 Å². The Morgan fingerprint density at radius 3 is 2.14 bits per heavy atom. The molecule has 1 aliphatic rings. The average molecular weight is 546 g/mol. The van der Waals surface area contributed by atoms with Gasteiger partial charge in [0.15, 0.2) is 17.5 Å². The molecule has 1 aliphatic carbocycles. The van der Waals surface area contributed by atoms with Crippen molar-refractivity contribution in [3.05, 3.63) is 120 Å². The minimum atomic E-state index is 0.271. The van der Waals surface area contributed by atoms with Crippen LogP contribution in [0.3, 0.4) is 0 Å². The van der Waals surface area contributed by atoms with Gasteiger partial charge in [0.05, 0.1) is 11.0 Å². The molecule has 3 heterocycles. The maximum Gasteiger partial charge on any atom is 0.164 e. The Hall–Kier alpha value is -5.03. The molecule has 0 bridgehead atoms. The first-order chi connectivity index (χ1) is 20.5. The van der Waals surface area contributed by atoms with Gasteiger partial charge in [0.1, 0.15) is 0 Å². The van der Waals surface area contributed by atoms with Crippen LogP contribution in [-0.2, 0) is 0 Å². The maximum absolute atomic E-state index is 5.11. The van der Waals surface area contributed by atoms with Gasteiger partial charge in [-0.05, 0) is 55.0 Å². The SMILES string of the molecule is Cc1ccc2ccc3c(-c4cccc(-c5nc(C6=CCCC=C6)nc(-c6ccccc6)n5)c4)cc(C(C)C)nc3c2n1. The fourth-order valence-corrected chi connectivity index (χ4v) is 5.48. The molecule has 0 fully saturated rings. The van der Waals surface area contributed by atoms with E-state index in [1.807, 2.05) is 37.3 Å². The summed E-state index contributed by atoms with van der Waals surface area (Å²) < 4.78 is 0. The Kier molecular flexibility index (Phi) is 6.63. The molecule has 0 N–H and O–H groups in total. The highest BCUT2D eigenvalue weighted by Crippen LogP contribution is 2.36. The zero-order chi connectivity index (χ0) is 28.6. The number of pyridine rings is 2. The van der Waals surface area contributed by atoms with Crippen molar-refractivity contribution in [3.8, 4) is 33.9 Å². The Morgan fingerprint density at radius 1 is 0.619 bits per heavy atom. The molecule has 0 saturated carbocycles. The second-order valence-corrected chi connectivity index (χ2v) is 11.1. The molecule has 0 saturated heterocycles. The van der Waals surface area contributed by atoms with Crippen molar-refractivity contribution in [2.75, 3.05) is 0 Å². The van der Waals surface area contributed by atoms with E-state index < -0.39 is 0 Å². The molecule has 42 heavy (non-hydrogen) atoms. The third kappa shape index (κ3) is 4.88. The maximum atomic E-state index is 5.11. The van der Waals surface area contributed by atoms with Crippen LogP contribution >= 0.6 is 0 Å². The van der Waals surface area contributed by atoms with E-state index in [4.69, 9.17) is 24.9 Å². The van der Waals surface area contributed by atoms with E-state index in [1.54, 1.807) is 0 Å². The van der Waals surface area contributed by atoms with E-state index >= 15 is 0 Å². The molecular formula is C37H31N5. The van der Waals surface area contributed by atoms with E-state index in [9.17, 15) is 0 Å². The third-order valence-corrected chi connectivity index (χ3v) is 7.74. The molecule has 5 nitrogen and oxygen atoms in total. The summed E-state index contributed by atoms with van der Waals surface area (Å²) in [6.45, 7) is 6.40. The lowest BCUT2D eigenvalue weighted by Gasteiger charge is -2.15. The summed E-state index contributed by atoms with van der Waals surface area (Å²) in [5.74, 6) is 2.30. The first kappa shape index (κ1) is 25.9. The first-order valence-electron chi connectivity index (χ1n) is 14.5. The predicted molar refractivity (Wildman–Crippen MR) is 172 cm³/mol. The molecule has 3 aromatic carbocycles. The normalized spacial score (nSPS) is 13.2. The van der Waals surface area contributed by atoms with Crippen molar-refractivity contribution in [2.45, 2.75) is 39.5 Å². The molecule has 5 heteroatoms. The lowest BCUT2D eigenvalue weighted by atomic mass is 9.95. The van der Waals surface area contributed by atoms with Crippen LogP contribution in [0.15, 0.2) is 103 Å². The number of hydrogen-bond acceptors (Lipinski definition) is 5. The minimum absolute atomic E-state index is 0.271. The van der Waals surface area contributed by atoms with Crippen molar-refractivity contribution in [2.24, 2.45) is 0 Å². The number of rotatable bonds is 5. The van der Waals surface area contributed by atoms with Crippen molar-refractivity contribution >= 4 is 27.4 Å². The highest BCUT2D eigenvalue weighted by Gasteiger charge is 2.17. The molecular weight excluding hydrogens is 514 g/mol. The molecule has 0 radical (unpaired) electrons. The van der Waals surface area contributed by atoms with Crippen LogP contribution in [0.2, 0.25) is 0 Å². The third-order valence-electron chi connectivity index (χ3n) is 7.74. The van der Waals surface area contributed by atoms with Crippen molar-refractivity contribution in [3.63, 3.8) is 0 Å². The smallest absolute Gasteiger partial charge is 0.164 e. The first-order valence-corrected chi connectivity index (χ1v) is 14.5. The van der Waals surface area contributed by atoms with Crippen molar-refractivity contribution in [1.82, 2.24) is 24.9 Å². The lowest BCUT2D eigenvalue weighted by Crippen LogP contribution is -2.03. The van der Waals surface area contributed by atoms with Gasteiger partial charge in [0.25, 0.3) is 0 Å². The summed E-state index contributed by atoms with van der Waals surface area (Å²) >= 11 is 0. The van der Waals surface area contributed by atoms with Gasteiger partial charge in [-0.15, -0.1) is 0 Å². The summed E-state index contributed by atoms with van der Waals surface area (Å²) in [5, 5.41) is 2.18. The van der Waals surface area contributed by atoms with Crippen molar-refractivity contribution in [1.29, 1.82) is 0 Å². The minimum Gasteiger partial charge on any atom is -0.251 e. The molecule has 7 rings (SSSR count). The molecule has 0 atom stereocenters. The highest BCUT2D eigenvalue weighted by atomic mass is 15.0. The highest BCUT2D eigenvalue weighted by molar-refractivity contribution is 6.08. The van der Waals surface area contributed by atoms with Gasteiger partial charge in [-0.1, -0.05) is 98.8 Å². The fraction of sp³-hybridized carbons (Fsp3) is 0.162. The molecule has 0 aliphatic heterocycles. The molecule has 3 aromatic heterocycles. The van der Waals surface area contributed by atoms with Gasteiger partial charge in [0.2, 0.25) is 0 Å². The molecule has 0 spiro atoms. The number of aromatic nitrogens is 5. The largest absolute Gasteiger partial charge is 0.251 e. The van der Waals surface area contributed by atoms with Crippen molar-refractivity contribution < 1.29 is 0 Å². The summed E-state index contributed by atoms with van der Waals surface area (Å²) in [4.78, 5) is 24.8. The van der Waals surface area contributed by atoms with Crippen LogP contribution in [0.1, 0.15) is 49.8 Å². The summed E-state index contributed by atoms with van der Waals surface area (Å²) in [6.07, 6.45) is 8.53. The molecule has 0 amide bonds.